The molecule has 1 N–H and O–H groups in total. The Morgan fingerprint density at radius 3 is 2.25 bits per heavy atom. The van der Waals surface area contributed by atoms with Crippen molar-refractivity contribution in [3.63, 3.8) is 0 Å². The molecule has 0 heterocycles. The van der Waals surface area contributed by atoms with Crippen LogP contribution in [0.5, 0.6) is 0 Å². The van der Waals surface area contributed by atoms with Crippen LogP contribution in [0.4, 0.5) is 5.69 Å². The highest BCUT2D eigenvalue weighted by Crippen LogP contribution is 2.26. The van der Waals surface area contributed by atoms with Gasteiger partial charge in [-0.25, -0.2) is 8.42 Å². The van der Waals surface area contributed by atoms with Crippen LogP contribution < -0.4 is 9.62 Å². The number of sulfonamides is 1. The molecule has 198 valence electrons. The summed E-state index contributed by atoms with van der Waals surface area (Å²) in [5.74, 6) is -0.563. The largest absolute Gasteiger partial charge is 0.354 e. The predicted molar refractivity (Wildman–Crippen MR) is 147 cm³/mol. The lowest BCUT2D eigenvalue weighted by Crippen LogP contribution is -2.52. The number of rotatable bonds is 11. The lowest BCUT2D eigenvalue weighted by atomic mass is 10.1. The Balaban J connectivity index is 2.49. The van der Waals surface area contributed by atoms with Crippen LogP contribution in [0.1, 0.15) is 43.9 Å². The van der Waals surface area contributed by atoms with Gasteiger partial charge in [0.1, 0.15) is 12.6 Å². The van der Waals surface area contributed by atoms with Crippen molar-refractivity contribution in [3.8, 4) is 0 Å². The van der Waals surface area contributed by atoms with Gasteiger partial charge in [0.05, 0.1) is 22.0 Å². The van der Waals surface area contributed by atoms with Gasteiger partial charge in [-0.2, -0.15) is 0 Å². The lowest BCUT2D eigenvalue weighted by molar-refractivity contribution is -0.140. The van der Waals surface area contributed by atoms with Gasteiger partial charge in [0.2, 0.25) is 21.8 Å². The maximum absolute atomic E-state index is 13.7. The molecule has 0 aliphatic carbocycles. The molecular formula is C26H35Cl2N3O4S. The Kier molecular flexibility index (Phi) is 10.6. The normalized spacial score (nSPS) is 12.4. The minimum absolute atomic E-state index is 0.0632. The van der Waals surface area contributed by atoms with Crippen molar-refractivity contribution in [2.24, 2.45) is 5.92 Å². The van der Waals surface area contributed by atoms with Crippen LogP contribution in [0.3, 0.4) is 0 Å². The average Bonchev–Trinajstić information content (AvgIpc) is 2.79. The van der Waals surface area contributed by atoms with Gasteiger partial charge in [0.25, 0.3) is 0 Å². The lowest BCUT2D eigenvalue weighted by Gasteiger charge is -2.33. The third-order valence-corrected chi connectivity index (χ3v) is 7.59. The molecule has 2 rings (SSSR count). The zero-order valence-electron chi connectivity index (χ0n) is 21.6. The second-order valence-corrected chi connectivity index (χ2v) is 12.1. The van der Waals surface area contributed by atoms with E-state index in [0.717, 1.165) is 21.7 Å². The van der Waals surface area contributed by atoms with E-state index in [1.807, 2.05) is 39.8 Å². The SMILES string of the molecule is CCC(C(=O)NCC(C)C)N(Cc1ccc(Cl)c(Cl)c1)C(=O)CN(c1cc(C)ccc1C)S(C)(=O)=O. The standard InChI is InChI=1S/C26H35Cl2N3O4S/c1-7-23(26(33)29-14-17(2)3)30(15-20-10-11-21(27)22(28)13-20)25(32)16-31(36(6,34)35)24-12-18(4)8-9-19(24)5/h8-13,17,23H,7,14-16H2,1-6H3,(H,29,33). The van der Waals surface area contributed by atoms with Crippen LogP contribution in [0.25, 0.3) is 0 Å². The number of aryl methyl sites for hydroxylation is 2. The summed E-state index contributed by atoms with van der Waals surface area (Å²) in [6.07, 6.45) is 1.41. The van der Waals surface area contributed by atoms with Gasteiger partial charge in [-0.3, -0.25) is 13.9 Å². The van der Waals surface area contributed by atoms with Crippen molar-refractivity contribution in [1.29, 1.82) is 0 Å². The fourth-order valence-electron chi connectivity index (χ4n) is 3.76. The molecule has 2 amide bonds. The molecule has 1 unspecified atom stereocenters. The first kappa shape index (κ1) is 29.9. The third kappa shape index (κ3) is 8.11. The van der Waals surface area contributed by atoms with E-state index in [9.17, 15) is 18.0 Å². The smallest absolute Gasteiger partial charge is 0.244 e. The van der Waals surface area contributed by atoms with E-state index < -0.39 is 28.5 Å². The van der Waals surface area contributed by atoms with E-state index in [1.165, 1.54) is 4.90 Å². The van der Waals surface area contributed by atoms with Crippen molar-refractivity contribution in [3.05, 3.63) is 63.1 Å². The van der Waals surface area contributed by atoms with Crippen molar-refractivity contribution in [2.75, 3.05) is 23.7 Å². The maximum atomic E-state index is 13.7. The van der Waals surface area contributed by atoms with Gasteiger partial charge in [-0.05, 0) is 61.1 Å². The van der Waals surface area contributed by atoms with E-state index in [4.69, 9.17) is 23.2 Å². The summed E-state index contributed by atoms with van der Waals surface area (Å²) in [6, 6.07) is 9.62. The second kappa shape index (κ2) is 12.8. The van der Waals surface area contributed by atoms with Crippen LogP contribution in [0.15, 0.2) is 36.4 Å². The van der Waals surface area contributed by atoms with Crippen LogP contribution in [-0.4, -0.2) is 50.5 Å². The molecular weight excluding hydrogens is 521 g/mol. The Hall–Kier alpha value is -2.29. The molecule has 0 radical (unpaired) electrons. The number of benzene rings is 2. The molecule has 0 aliphatic rings. The minimum atomic E-state index is -3.80. The summed E-state index contributed by atoms with van der Waals surface area (Å²) >= 11 is 12.2. The first-order valence-corrected chi connectivity index (χ1v) is 14.4. The van der Waals surface area contributed by atoms with Crippen molar-refractivity contribution in [1.82, 2.24) is 10.2 Å². The van der Waals surface area contributed by atoms with E-state index >= 15 is 0 Å². The van der Waals surface area contributed by atoms with Crippen LogP contribution >= 0.6 is 23.2 Å². The first-order chi connectivity index (χ1) is 16.7. The van der Waals surface area contributed by atoms with E-state index in [-0.39, 0.29) is 18.4 Å². The number of carbonyl (C=O) groups excluding carboxylic acids is 2. The zero-order chi connectivity index (χ0) is 27.2. The number of halogens is 2. The van der Waals surface area contributed by atoms with Gasteiger partial charge < -0.3 is 10.2 Å². The summed E-state index contributed by atoms with van der Waals surface area (Å²) < 4.78 is 26.7. The Morgan fingerprint density at radius 1 is 1.03 bits per heavy atom. The number of carbonyl (C=O) groups is 2. The summed E-state index contributed by atoms with van der Waals surface area (Å²) in [5.41, 5.74) is 2.68. The predicted octanol–water partition coefficient (Wildman–Crippen LogP) is 4.96. The number of amides is 2. The topological polar surface area (TPSA) is 86.8 Å². The Labute approximate surface area is 224 Å². The molecule has 0 aromatic heterocycles. The molecule has 7 nitrogen and oxygen atoms in total. The second-order valence-electron chi connectivity index (χ2n) is 9.39. The van der Waals surface area contributed by atoms with E-state index in [0.29, 0.717) is 34.3 Å². The summed E-state index contributed by atoms with van der Waals surface area (Å²) in [6.45, 7) is 9.50. The molecule has 0 fully saturated rings. The summed E-state index contributed by atoms with van der Waals surface area (Å²) in [4.78, 5) is 28.3. The average molecular weight is 557 g/mol. The fourth-order valence-corrected chi connectivity index (χ4v) is 4.98. The summed E-state index contributed by atoms with van der Waals surface area (Å²) in [7, 11) is -3.80. The fraction of sp³-hybridized carbons (Fsp3) is 0.462. The molecule has 0 bridgehead atoms. The van der Waals surface area contributed by atoms with Crippen molar-refractivity contribution in [2.45, 2.75) is 53.6 Å². The first-order valence-electron chi connectivity index (χ1n) is 11.8. The van der Waals surface area contributed by atoms with Crippen LogP contribution in [0.2, 0.25) is 10.0 Å². The molecule has 2 aromatic carbocycles. The highest BCUT2D eigenvalue weighted by molar-refractivity contribution is 7.92. The Bertz CT molecular complexity index is 1200. The molecule has 1 atom stereocenters. The molecule has 10 heteroatoms. The van der Waals surface area contributed by atoms with E-state index in [2.05, 4.69) is 5.32 Å². The molecule has 2 aromatic rings. The molecule has 36 heavy (non-hydrogen) atoms. The number of nitrogens with one attached hydrogen (secondary N) is 1. The van der Waals surface area contributed by atoms with Gasteiger partial charge in [0.15, 0.2) is 0 Å². The van der Waals surface area contributed by atoms with Crippen LogP contribution in [-0.2, 0) is 26.2 Å². The van der Waals surface area contributed by atoms with Gasteiger partial charge in [0, 0.05) is 13.1 Å². The quantitative estimate of drug-likeness (QED) is 0.424. The minimum Gasteiger partial charge on any atom is -0.354 e. The number of hydrogen-bond acceptors (Lipinski definition) is 4. The molecule has 0 saturated heterocycles. The van der Waals surface area contributed by atoms with E-state index in [1.54, 1.807) is 31.2 Å². The highest BCUT2D eigenvalue weighted by atomic mass is 35.5. The monoisotopic (exact) mass is 555 g/mol. The van der Waals surface area contributed by atoms with Gasteiger partial charge in [-0.1, -0.05) is 62.2 Å². The molecule has 0 aliphatic heterocycles. The molecule has 0 spiro atoms. The maximum Gasteiger partial charge on any atom is 0.244 e. The van der Waals surface area contributed by atoms with Gasteiger partial charge in [-0.15, -0.1) is 0 Å². The van der Waals surface area contributed by atoms with Gasteiger partial charge >= 0.3 is 0 Å². The van der Waals surface area contributed by atoms with Crippen LogP contribution in [0, 0.1) is 19.8 Å². The number of nitrogens with zero attached hydrogens (tertiary/aromatic N) is 2. The highest BCUT2D eigenvalue weighted by Gasteiger charge is 2.32. The zero-order valence-corrected chi connectivity index (χ0v) is 24.0. The number of anilines is 1. The third-order valence-electron chi connectivity index (χ3n) is 5.72. The van der Waals surface area contributed by atoms with Crippen molar-refractivity contribution >= 4 is 50.7 Å². The molecule has 0 saturated carbocycles. The number of hydrogen-bond donors (Lipinski definition) is 1. The summed E-state index contributed by atoms with van der Waals surface area (Å²) in [5, 5.41) is 3.59. The Morgan fingerprint density at radius 2 is 1.69 bits per heavy atom. The van der Waals surface area contributed by atoms with Crippen molar-refractivity contribution < 1.29 is 18.0 Å².